The summed E-state index contributed by atoms with van der Waals surface area (Å²) in [5.74, 6) is -0.864. The molecule has 2 rings (SSSR count). The second kappa shape index (κ2) is 6.71. The molecule has 25 heavy (non-hydrogen) atoms. The number of amides is 1. The van der Waals surface area contributed by atoms with Crippen LogP contribution in [0.15, 0.2) is 17.2 Å². The zero-order valence-corrected chi connectivity index (χ0v) is 17.7. The first-order chi connectivity index (χ1) is 11.3. The van der Waals surface area contributed by atoms with Crippen LogP contribution in [0.2, 0.25) is 29.9 Å². The molecule has 0 aliphatic heterocycles. The summed E-state index contributed by atoms with van der Waals surface area (Å²) in [4.78, 5) is 16.4. The Bertz CT molecular complexity index is 952. The fraction of sp³-hybridized carbons (Fsp3) is 0.357. The first kappa shape index (κ1) is 19.9. The van der Waals surface area contributed by atoms with Gasteiger partial charge < -0.3 is 0 Å². The zero-order valence-electron chi connectivity index (χ0n) is 14.4. The van der Waals surface area contributed by atoms with Crippen LogP contribution in [0.25, 0.3) is 0 Å². The molecule has 11 heteroatoms. The summed E-state index contributed by atoms with van der Waals surface area (Å²) in [5, 5.41) is 4.77. The molecule has 0 aliphatic carbocycles. The standard InChI is InChI=1S/C14H18Cl2N4O3SSi/c1-8-10(7-20(2)18-8)24(22,23)19-14(21)9-6-11(25(3,4)5)13(16)17-12(9)15/h6-7H,1-5H3,(H,19,21). The number of halogens is 2. The largest absolute Gasteiger partial charge is 0.274 e. The van der Waals surface area contributed by atoms with E-state index in [0.717, 1.165) is 5.19 Å². The van der Waals surface area contributed by atoms with Gasteiger partial charge in [0.05, 0.1) is 19.3 Å². The SMILES string of the molecule is Cc1nn(C)cc1S(=O)(=O)NC(=O)c1cc([Si](C)(C)C)c(Cl)nc1Cl. The molecule has 2 aromatic rings. The third kappa shape index (κ3) is 4.22. The van der Waals surface area contributed by atoms with Crippen molar-refractivity contribution >= 4 is 52.4 Å². The van der Waals surface area contributed by atoms with Gasteiger partial charge in [0.2, 0.25) is 0 Å². The van der Waals surface area contributed by atoms with Crippen molar-refractivity contribution in [3.8, 4) is 0 Å². The van der Waals surface area contributed by atoms with Gasteiger partial charge in [-0.1, -0.05) is 42.8 Å². The van der Waals surface area contributed by atoms with E-state index in [9.17, 15) is 13.2 Å². The van der Waals surface area contributed by atoms with Crippen molar-refractivity contribution in [1.82, 2.24) is 19.5 Å². The number of aromatic nitrogens is 3. The van der Waals surface area contributed by atoms with Gasteiger partial charge in [0, 0.05) is 13.2 Å². The molecule has 0 atom stereocenters. The van der Waals surface area contributed by atoms with Gasteiger partial charge in [-0.3, -0.25) is 9.48 Å². The smallest absolute Gasteiger partial charge is 0.268 e. The van der Waals surface area contributed by atoms with Crippen LogP contribution in [0.1, 0.15) is 16.1 Å². The maximum Gasteiger partial charge on any atom is 0.268 e. The Morgan fingerprint density at radius 1 is 1.24 bits per heavy atom. The highest BCUT2D eigenvalue weighted by Gasteiger charge is 2.28. The van der Waals surface area contributed by atoms with Crippen LogP contribution in [0.3, 0.4) is 0 Å². The number of carbonyl (C=O) groups is 1. The van der Waals surface area contributed by atoms with Crippen LogP contribution in [-0.4, -0.2) is 37.2 Å². The van der Waals surface area contributed by atoms with Crippen LogP contribution in [0, 0.1) is 6.92 Å². The average Bonchev–Trinajstić information content (AvgIpc) is 2.76. The molecule has 1 amide bonds. The first-order valence-electron chi connectivity index (χ1n) is 7.27. The van der Waals surface area contributed by atoms with Crippen LogP contribution < -0.4 is 9.91 Å². The van der Waals surface area contributed by atoms with E-state index in [1.165, 1.54) is 16.9 Å². The second-order valence-electron chi connectivity index (χ2n) is 6.60. The van der Waals surface area contributed by atoms with E-state index < -0.39 is 24.0 Å². The second-order valence-corrected chi connectivity index (χ2v) is 14.0. The molecule has 2 aromatic heterocycles. The predicted octanol–water partition coefficient (Wildman–Crippen LogP) is 2.09. The van der Waals surface area contributed by atoms with Crippen molar-refractivity contribution in [2.45, 2.75) is 31.5 Å². The molecule has 2 heterocycles. The number of hydrogen-bond acceptors (Lipinski definition) is 5. The van der Waals surface area contributed by atoms with E-state index in [2.05, 4.69) is 10.1 Å². The van der Waals surface area contributed by atoms with Gasteiger partial charge in [-0.25, -0.2) is 18.1 Å². The van der Waals surface area contributed by atoms with E-state index in [1.54, 1.807) is 14.0 Å². The summed E-state index contributed by atoms with van der Waals surface area (Å²) in [7, 11) is -4.39. The molecule has 0 radical (unpaired) electrons. The molecule has 0 aliphatic rings. The van der Waals surface area contributed by atoms with Crippen molar-refractivity contribution < 1.29 is 13.2 Å². The predicted molar refractivity (Wildman–Crippen MR) is 99.8 cm³/mol. The van der Waals surface area contributed by atoms with E-state index in [0.29, 0.717) is 0 Å². The fourth-order valence-corrected chi connectivity index (χ4v) is 5.92. The first-order valence-corrected chi connectivity index (χ1v) is 13.0. The van der Waals surface area contributed by atoms with Crippen LogP contribution in [-0.2, 0) is 17.1 Å². The van der Waals surface area contributed by atoms with Gasteiger partial charge in [0.15, 0.2) is 0 Å². The van der Waals surface area contributed by atoms with Gasteiger partial charge in [0.25, 0.3) is 15.9 Å². The lowest BCUT2D eigenvalue weighted by Crippen LogP contribution is -2.40. The van der Waals surface area contributed by atoms with Crippen molar-refractivity contribution in [3.63, 3.8) is 0 Å². The highest BCUT2D eigenvalue weighted by atomic mass is 35.5. The Kier molecular flexibility index (Phi) is 5.34. The summed E-state index contributed by atoms with van der Waals surface area (Å²) in [6, 6.07) is 1.52. The maximum atomic E-state index is 12.5. The normalized spacial score (nSPS) is 12.3. The molecule has 0 saturated heterocycles. The van der Waals surface area contributed by atoms with Crippen LogP contribution in [0.4, 0.5) is 0 Å². The van der Waals surface area contributed by atoms with Crippen molar-refractivity contribution in [3.05, 3.63) is 33.8 Å². The highest BCUT2D eigenvalue weighted by Crippen LogP contribution is 2.20. The molecule has 0 aromatic carbocycles. The third-order valence-electron chi connectivity index (χ3n) is 3.47. The Morgan fingerprint density at radius 3 is 2.32 bits per heavy atom. The van der Waals surface area contributed by atoms with Crippen molar-refractivity contribution in [2.24, 2.45) is 7.05 Å². The molecule has 0 spiro atoms. The third-order valence-corrected chi connectivity index (χ3v) is 7.63. The molecular formula is C14H18Cl2N4O3SSi. The Labute approximate surface area is 157 Å². The van der Waals surface area contributed by atoms with Gasteiger partial charge in [-0.15, -0.1) is 0 Å². The molecule has 136 valence electrons. The van der Waals surface area contributed by atoms with E-state index >= 15 is 0 Å². The summed E-state index contributed by atoms with van der Waals surface area (Å²) in [5.41, 5.74) is 0.250. The van der Waals surface area contributed by atoms with Gasteiger partial charge in [-0.05, 0) is 18.2 Å². The summed E-state index contributed by atoms with van der Waals surface area (Å²) in [6.07, 6.45) is 1.32. The molecule has 0 unspecified atom stereocenters. The molecule has 0 fully saturated rings. The summed E-state index contributed by atoms with van der Waals surface area (Å²) in [6.45, 7) is 7.63. The minimum Gasteiger partial charge on any atom is -0.274 e. The molecule has 1 N–H and O–H groups in total. The Morgan fingerprint density at radius 2 is 1.84 bits per heavy atom. The number of aryl methyl sites for hydroxylation is 2. The van der Waals surface area contributed by atoms with Gasteiger partial charge in [-0.2, -0.15) is 5.10 Å². The number of pyridine rings is 1. The minimum atomic E-state index is -4.08. The molecular weight excluding hydrogens is 403 g/mol. The average molecular weight is 421 g/mol. The number of hydrogen-bond donors (Lipinski definition) is 1. The fourth-order valence-electron chi connectivity index (χ4n) is 2.23. The summed E-state index contributed by atoms with van der Waals surface area (Å²) < 4.78 is 28.3. The molecule has 0 saturated carbocycles. The topological polar surface area (TPSA) is 94.0 Å². The maximum absolute atomic E-state index is 12.5. The Hall–Kier alpha value is -1.42. The van der Waals surface area contributed by atoms with E-state index in [1.807, 2.05) is 24.4 Å². The number of sulfonamides is 1. The van der Waals surface area contributed by atoms with E-state index in [-0.39, 0.29) is 26.5 Å². The Balaban J connectivity index is 2.43. The van der Waals surface area contributed by atoms with Crippen LogP contribution in [0.5, 0.6) is 0 Å². The quantitative estimate of drug-likeness (QED) is 0.603. The number of rotatable bonds is 4. The van der Waals surface area contributed by atoms with Gasteiger partial charge in [0.1, 0.15) is 15.2 Å². The summed E-state index contributed by atoms with van der Waals surface area (Å²) >= 11 is 12.1. The van der Waals surface area contributed by atoms with Crippen LogP contribution >= 0.6 is 23.2 Å². The van der Waals surface area contributed by atoms with E-state index in [4.69, 9.17) is 23.2 Å². The van der Waals surface area contributed by atoms with Gasteiger partial charge >= 0.3 is 0 Å². The number of nitrogens with one attached hydrogen (secondary N) is 1. The number of nitrogens with zero attached hydrogens (tertiary/aromatic N) is 3. The lowest BCUT2D eigenvalue weighted by molar-refractivity contribution is 0.0981. The molecule has 7 nitrogen and oxygen atoms in total. The zero-order chi connectivity index (χ0) is 19.2. The molecule has 0 bridgehead atoms. The monoisotopic (exact) mass is 420 g/mol. The lowest BCUT2D eigenvalue weighted by atomic mass is 10.3. The van der Waals surface area contributed by atoms with Crippen molar-refractivity contribution in [1.29, 1.82) is 0 Å². The lowest BCUT2D eigenvalue weighted by Gasteiger charge is -2.19. The minimum absolute atomic E-state index is 0.0337. The number of carbonyl (C=O) groups excluding carboxylic acids is 1. The van der Waals surface area contributed by atoms with Crippen molar-refractivity contribution in [2.75, 3.05) is 0 Å². The highest BCUT2D eigenvalue weighted by molar-refractivity contribution is 7.90.